The summed E-state index contributed by atoms with van der Waals surface area (Å²) in [6.45, 7) is 0.813. The van der Waals surface area contributed by atoms with Crippen LogP contribution in [0.25, 0.3) is 10.1 Å². The Morgan fingerprint density at radius 3 is 2.73 bits per heavy atom. The van der Waals surface area contributed by atoms with Gasteiger partial charge in [-0.05, 0) is 30.3 Å². The molecule has 7 heteroatoms. The van der Waals surface area contributed by atoms with Crippen LogP contribution in [0.2, 0.25) is 5.02 Å². The number of anilines is 1. The van der Waals surface area contributed by atoms with E-state index < -0.39 is 0 Å². The predicted molar refractivity (Wildman–Crippen MR) is 105 cm³/mol. The first kappa shape index (κ1) is 18.5. The number of benzene rings is 2. The summed E-state index contributed by atoms with van der Waals surface area (Å²) in [6.07, 6.45) is 0. The van der Waals surface area contributed by atoms with Gasteiger partial charge in [0.25, 0.3) is 5.91 Å². The van der Waals surface area contributed by atoms with Crippen LogP contribution in [-0.4, -0.2) is 33.3 Å². The third-order valence-electron chi connectivity index (χ3n) is 3.70. The molecule has 3 rings (SSSR count). The maximum atomic E-state index is 12.9. The zero-order valence-electron chi connectivity index (χ0n) is 14.4. The maximum Gasteiger partial charge on any atom is 0.269 e. The molecule has 0 aliphatic heterocycles. The number of carbonyl (C=O) groups is 1. The molecule has 136 valence electrons. The molecule has 0 fully saturated rings. The molecule has 2 aromatic carbocycles. The summed E-state index contributed by atoms with van der Waals surface area (Å²) in [7, 11) is 3.16. The van der Waals surface area contributed by atoms with E-state index in [2.05, 4.69) is 5.32 Å². The van der Waals surface area contributed by atoms with Gasteiger partial charge in [0.2, 0.25) is 0 Å². The van der Waals surface area contributed by atoms with E-state index in [0.717, 1.165) is 10.1 Å². The van der Waals surface area contributed by atoms with Gasteiger partial charge in [0, 0.05) is 22.2 Å². The van der Waals surface area contributed by atoms with E-state index in [1.165, 1.54) is 11.3 Å². The number of fused-ring (bicyclic) bond motifs is 1. The summed E-state index contributed by atoms with van der Waals surface area (Å²) in [5.41, 5.74) is 0.498. The number of hydrogen-bond donors (Lipinski definition) is 1. The summed E-state index contributed by atoms with van der Waals surface area (Å²) < 4.78 is 17.1. The molecule has 1 aromatic heterocycles. The van der Waals surface area contributed by atoms with E-state index in [9.17, 15) is 4.79 Å². The zero-order chi connectivity index (χ0) is 18.5. The molecular formula is C19H18ClNO4S. The summed E-state index contributed by atoms with van der Waals surface area (Å²) in [4.78, 5) is 13.3. The van der Waals surface area contributed by atoms with Gasteiger partial charge in [0.1, 0.15) is 23.0 Å². The van der Waals surface area contributed by atoms with E-state index in [-0.39, 0.29) is 5.91 Å². The molecule has 0 spiro atoms. The molecule has 0 radical (unpaired) electrons. The van der Waals surface area contributed by atoms with Gasteiger partial charge in [0.05, 0.1) is 19.4 Å². The highest BCUT2D eigenvalue weighted by atomic mass is 35.5. The molecule has 0 unspecified atom stereocenters. The fourth-order valence-electron chi connectivity index (χ4n) is 2.51. The highest BCUT2D eigenvalue weighted by Gasteiger charge is 2.20. The first-order chi connectivity index (χ1) is 12.6. The van der Waals surface area contributed by atoms with Crippen LogP contribution in [0, 0.1) is 0 Å². The predicted octanol–water partition coefficient (Wildman–Crippen LogP) is 4.84. The Bertz CT molecular complexity index is 925. The summed E-state index contributed by atoms with van der Waals surface area (Å²) in [6, 6.07) is 12.8. The van der Waals surface area contributed by atoms with Gasteiger partial charge in [-0.2, -0.15) is 0 Å². The average Bonchev–Trinajstić information content (AvgIpc) is 3.02. The van der Waals surface area contributed by atoms with Crippen LogP contribution in [0.15, 0.2) is 42.5 Å². The molecule has 26 heavy (non-hydrogen) atoms. The number of ether oxygens (including phenoxy) is 3. The SMILES string of the molecule is COCCOc1ccc(Cl)cc1NC(=O)c1sc2ccccc2c1OC. The molecule has 0 aliphatic carbocycles. The van der Waals surface area contributed by atoms with Crippen LogP contribution in [-0.2, 0) is 4.74 Å². The third kappa shape index (κ3) is 3.93. The quantitative estimate of drug-likeness (QED) is 0.585. The highest BCUT2D eigenvalue weighted by Crippen LogP contribution is 2.38. The van der Waals surface area contributed by atoms with Crippen molar-refractivity contribution in [3.63, 3.8) is 0 Å². The van der Waals surface area contributed by atoms with E-state index in [1.54, 1.807) is 32.4 Å². The van der Waals surface area contributed by atoms with Crippen LogP contribution < -0.4 is 14.8 Å². The second kappa shape index (κ2) is 8.40. The van der Waals surface area contributed by atoms with E-state index in [1.807, 2.05) is 24.3 Å². The lowest BCUT2D eigenvalue weighted by atomic mass is 10.2. The largest absolute Gasteiger partial charge is 0.494 e. The van der Waals surface area contributed by atoms with E-state index >= 15 is 0 Å². The van der Waals surface area contributed by atoms with Crippen LogP contribution >= 0.6 is 22.9 Å². The maximum absolute atomic E-state index is 12.9. The van der Waals surface area contributed by atoms with Gasteiger partial charge < -0.3 is 19.5 Å². The molecule has 1 N–H and O–H groups in total. The second-order valence-electron chi connectivity index (χ2n) is 5.40. The Kier molecular flexibility index (Phi) is 5.98. The van der Waals surface area contributed by atoms with Crippen molar-refractivity contribution in [3.8, 4) is 11.5 Å². The average molecular weight is 392 g/mol. The monoisotopic (exact) mass is 391 g/mol. The lowest BCUT2D eigenvalue weighted by Crippen LogP contribution is -2.13. The van der Waals surface area contributed by atoms with Gasteiger partial charge in [0.15, 0.2) is 0 Å². The fraction of sp³-hybridized carbons (Fsp3) is 0.211. The van der Waals surface area contributed by atoms with Crippen molar-refractivity contribution in [2.24, 2.45) is 0 Å². The van der Waals surface area contributed by atoms with Crippen molar-refractivity contribution in [1.29, 1.82) is 0 Å². The minimum Gasteiger partial charge on any atom is -0.494 e. The standard InChI is InChI=1S/C19H18ClNO4S/c1-23-9-10-25-15-8-7-12(20)11-14(15)21-19(22)18-17(24-2)13-5-3-4-6-16(13)26-18/h3-8,11H,9-10H2,1-2H3,(H,21,22). The molecule has 0 atom stereocenters. The summed E-state index contributed by atoms with van der Waals surface area (Å²) in [5, 5.41) is 4.28. The van der Waals surface area contributed by atoms with Gasteiger partial charge in [-0.3, -0.25) is 4.79 Å². The topological polar surface area (TPSA) is 56.8 Å². The zero-order valence-corrected chi connectivity index (χ0v) is 15.9. The number of methoxy groups -OCH3 is 2. The highest BCUT2D eigenvalue weighted by molar-refractivity contribution is 7.21. The Morgan fingerprint density at radius 1 is 1.15 bits per heavy atom. The van der Waals surface area contributed by atoms with Crippen molar-refractivity contribution in [1.82, 2.24) is 0 Å². The molecule has 1 heterocycles. The Balaban J connectivity index is 1.89. The Hall–Kier alpha value is -2.28. The second-order valence-corrected chi connectivity index (χ2v) is 6.89. The smallest absolute Gasteiger partial charge is 0.269 e. The lowest BCUT2D eigenvalue weighted by Gasteiger charge is -2.13. The molecule has 0 aliphatic rings. The van der Waals surface area contributed by atoms with Crippen molar-refractivity contribution in [3.05, 3.63) is 52.4 Å². The lowest BCUT2D eigenvalue weighted by molar-refractivity contribution is 0.102. The Morgan fingerprint density at radius 2 is 1.96 bits per heavy atom. The van der Waals surface area contributed by atoms with Gasteiger partial charge >= 0.3 is 0 Å². The number of nitrogens with one attached hydrogen (secondary N) is 1. The molecule has 0 bridgehead atoms. The van der Waals surface area contributed by atoms with Gasteiger partial charge in [-0.15, -0.1) is 11.3 Å². The Labute approximate surface area is 160 Å². The number of thiophene rings is 1. The van der Waals surface area contributed by atoms with Gasteiger partial charge in [-0.1, -0.05) is 23.7 Å². The molecule has 1 amide bonds. The van der Waals surface area contributed by atoms with Crippen molar-refractivity contribution in [2.45, 2.75) is 0 Å². The van der Waals surface area contributed by atoms with Crippen molar-refractivity contribution >= 4 is 44.6 Å². The summed E-state index contributed by atoms with van der Waals surface area (Å²) in [5.74, 6) is 0.814. The molecule has 5 nitrogen and oxygen atoms in total. The number of rotatable bonds is 7. The number of amides is 1. The molecule has 3 aromatic rings. The number of halogens is 1. The molecule has 0 saturated heterocycles. The van der Waals surface area contributed by atoms with Crippen LogP contribution in [0.4, 0.5) is 5.69 Å². The first-order valence-corrected chi connectivity index (χ1v) is 9.11. The van der Waals surface area contributed by atoms with E-state index in [0.29, 0.717) is 40.3 Å². The normalized spacial score (nSPS) is 10.7. The van der Waals surface area contributed by atoms with Crippen LogP contribution in [0.1, 0.15) is 9.67 Å². The molecular weight excluding hydrogens is 374 g/mol. The van der Waals surface area contributed by atoms with Crippen molar-refractivity contribution in [2.75, 3.05) is 32.8 Å². The van der Waals surface area contributed by atoms with Crippen LogP contribution in [0.3, 0.4) is 0 Å². The summed E-state index contributed by atoms with van der Waals surface area (Å²) >= 11 is 7.45. The van der Waals surface area contributed by atoms with E-state index in [4.69, 9.17) is 25.8 Å². The number of carbonyl (C=O) groups excluding carboxylic acids is 1. The fourth-order valence-corrected chi connectivity index (χ4v) is 3.75. The van der Waals surface area contributed by atoms with Crippen molar-refractivity contribution < 1.29 is 19.0 Å². The minimum atomic E-state index is -0.276. The third-order valence-corrected chi connectivity index (χ3v) is 5.08. The number of hydrogen-bond acceptors (Lipinski definition) is 5. The first-order valence-electron chi connectivity index (χ1n) is 7.92. The van der Waals surface area contributed by atoms with Gasteiger partial charge in [-0.25, -0.2) is 0 Å². The van der Waals surface area contributed by atoms with Crippen LogP contribution in [0.5, 0.6) is 11.5 Å². The minimum absolute atomic E-state index is 0.276. The molecule has 0 saturated carbocycles.